The highest BCUT2D eigenvalue weighted by atomic mass is 32.1. The van der Waals surface area contributed by atoms with Crippen molar-refractivity contribution in [1.29, 1.82) is 0 Å². The van der Waals surface area contributed by atoms with E-state index in [9.17, 15) is 4.79 Å². The molecule has 5 nitrogen and oxygen atoms in total. The zero-order chi connectivity index (χ0) is 17.2. The smallest absolute Gasteiger partial charge is 0.270 e. The van der Waals surface area contributed by atoms with Crippen molar-refractivity contribution in [2.24, 2.45) is 0 Å². The van der Waals surface area contributed by atoms with Crippen LogP contribution in [0.2, 0.25) is 0 Å². The van der Waals surface area contributed by atoms with Gasteiger partial charge in [-0.1, -0.05) is 6.07 Å². The molecule has 0 aliphatic carbocycles. The minimum atomic E-state index is -0.0330. The maximum Gasteiger partial charge on any atom is 0.270 e. The number of nitrogens with one attached hydrogen (secondary N) is 1. The van der Waals surface area contributed by atoms with Crippen molar-refractivity contribution < 1.29 is 4.79 Å². The van der Waals surface area contributed by atoms with Crippen LogP contribution >= 0.6 is 11.3 Å². The minimum absolute atomic E-state index is 0.0330. The van der Waals surface area contributed by atoms with Crippen LogP contribution in [0.4, 0.5) is 0 Å². The summed E-state index contributed by atoms with van der Waals surface area (Å²) in [5.41, 5.74) is 3.91. The molecule has 1 N–H and O–H groups in total. The molecule has 130 valence electrons. The standard InChI is InChI=1S/C19H22N4OS/c1-14-2-3-18-20-10-17(23(18)11-14)19(24)21-16-4-7-22(8-5-16)12-15-6-9-25-13-15/h2-3,6,9-11,13,16H,4-5,7-8,12H2,1H3,(H,21,24). The Kier molecular flexibility index (Phi) is 4.55. The maximum absolute atomic E-state index is 12.7. The second-order valence-corrected chi connectivity index (χ2v) is 7.51. The number of piperidine rings is 1. The van der Waals surface area contributed by atoms with Gasteiger partial charge < -0.3 is 5.32 Å². The number of carbonyl (C=O) groups excluding carboxylic acids is 1. The van der Waals surface area contributed by atoms with Crippen LogP contribution in [0.1, 0.15) is 34.5 Å². The van der Waals surface area contributed by atoms with Gasteiger partial charge in [0.05, 0.1) is 6.20 Å². The lowest BCUT2D eigenvalue weighted by Crippen LogP contribution is -2.44. The Morgan fingerprint density at radius 3 is 2.92 bits per heavy atom. The van der Waals surface area contributed by atoms with Gasteiger partial charge >= 0.3 is 0 Å². The van der Waals surface area contributed by atoms with E-state index < -0.39 is 0 Å². The summed E-state index contributed by atoms with van der Waals surface area (Å²) in [6.07, 6.45) is 5.60. The van der Waals surface area contributed by atoms with Gasteiger partial charge in [-0.2, -0.15) is 11.3 Å². The summed E-state index contributed by atoms with van der Waals surface area (Å²) in [5, 5.41) is 7.52. The summed E-state index contributed by atoms with van der Waals surface area (Å²) in [4.78, 5) is 19.4. The van der Waals surface area contributed by atoms with E-state index in [1.54, 1.807) is 17.5 Å². The monoisotopic (exact) mass is 354 g/mol. The van der Waals surface area contributed by atoms with E-state index in [-0.39, 0.29) is 11.9 Å². The molecular formula is C19H22N4OS. The number of aromatic nitrogens is 2. The molecule has 4 heterocycles. The van der Waals surface area contributed by atoms with E-state index in [2.05, 4.69) is 32.0 Å². The topological polar surface area (TPSA) is 49.6 Å². The zero-order valence-electron chi connectivity index (χ0n) is 14.3. The fourth-order valence-electron chi connectivity index (χ4n) is 3.39. The van der Waals surface area contributed by atoms with Crippen molar-refractivity contribution in [3.63, 3.8) is 0 Å². The summed E-state index contributed by atoms with van der Waals surface area (Å²) in [6, 6.07) is 6.37. The number of carbonyl (C=O) groups is 1. The van der Waals surface area contributed by atoms with Crippen molar-refractivity contribution in [3.8, 4) is 0 Å². The predicted octanol–water partition coefficient (Wildman–Crippen LogP) is 3.10. The van der Waals surface area contributed by atoms with Gasteiger partial charge in [0.2, 0.25) is 0 Å². The number of pyridine rings is 1. The molecule has 0 spiro atoms. The first kappa shape index (κ1) is 16.3. The predicted molar refractivity (Wildman–Crippen MR) is 100 cm³/mol. The number of imidazole rings is 1. The number of hydrogen-bond acceptors (Lipinski definition) is 4. The van der Waals surface area contributed by atoms with Gasteiger partial charge in [-0.3, -0.25) is 14.1 Å². The third kappa shape index (κ3) is 3.60. The fourth-order valence-corrected chi connectivity index (χ4v) is 4.05. The maximum atomic E-state index is 12.7. The third-order valence-corrected chi connectivity index (χ3v) is 5.53. The Labute approximate surface area is 151 Å². The van der Waals surface area contributed by atoms with Crippen LogP contribution in [0.25, 0.3) is 5.65 Å². The molecule has 0 radical (unpaired) electrons. The first-order valence-corrected chi connectivity index (χ1v) is 9.61. The molecule has 1 saturated heterocycles. The van der Waals surface area contributed by atoms with Crippen LogP contribution in [0.3, 0.4) is 0 Å². The number of thiophene rings is 1. The SMILES string of the molecule is Cc1ccc2ncc(C(=O)NC3CCN(Cc4ccsc4)CC3)n2c1. The lowest BCUT2D eigenvalue weighted by Gasteiger charge is -2.32. The molecule has 1 aliphatic rings. The molecule has 0 bridgehead atoms. The Morgan fingerprint density at radius 1 is 1.32 bits per heavy atom. The summed E-state index contributed by atoms with van der Waals surface area (Å²) in [5.74, 6) is -0.0330. The Morgan fingerprint density at radius 2 is 2.16 bits per heavy atom. The third-order valence-electron chi connectivity index (χ3n) is 4.80. The van der Waals surface area contributed by atoms with Gasteiger partial charge in [-0.05, 0) is 53.8 Å². The first-order valence-electron chi connectivity index (χ1n) is 8.67. The summed E-state index contributed by atoms with van der Waals surface area (Å²) >= 11 is 1.75. The average molecular weight is 354 g/mol. The highest BCUT2D eigenvalue weighted by molar-refractivity contribution is 7.07. The first-order chi connectivity index (χ1) is 12.2. The molecule has 6 heteroatoms. The number of aryl methyl sites for hydroxylation is 1. The van der Waals surface area contributed by atoms with Crippen LogP contribution in [0, 0.1) is 6.92 Å². The van der Waals surface area contributed by atoms with E-state index in [0.29, 0.717) is 5.69 Å². The molecule has 25 heavy (non-hydrogen) atoms. The number of nitrogens with zero attached hydrogens (tertiary/aromatic N) is 3. The van der Waals surface area contributed by atoms with Crippen LogP contribution in [-0.4, -0.2) is 39.3 Å². The highest BCUT2D eigenvalue weighted by Crippen LogP contribution is 2.16. The van der Waals surface area contributed by atoms with Crippen molar-refractivity contribution in [2.45, 2.75) is 32.4 Å². The summed E-state index contributed by atoms with van der Waals surface area (Å²) < 4.78 is 1.87. The second kappa shape index (κ2) is 6.98. The molecule has 0 unspecified atom stereocenters. The molecule has 4 rings (SSSR count). The molecule has 0 aromatic carbocycles. The van der Waals surface area contributed by atoms with Crippen LogP contribution < -0.4 is 5.32 Å². The number of fused-ring (bicyclic) bond motifs is 1. The average Bonchev–Trinajstić information content (AvgIpc) is 3.25. The summed E-state index contributed by atoms with van der Waals surface area (Å²) in [7, 11) is 0. The number of hydrogen-bond donors (Lipinski definition) is 1. The minimum Gasteiger partial charge on any atom is -0.348 e. The van der Waals surface area contributed by atoms with E-state index in [4.69, 9.17) is 0 Å². The van der Waals surface area contributed by atoms with E-state index in [1.165, 1.54) is 5.56 Å². The summed E-state index contributed by atoms with van der Waals surface area (Å²) in [6.45, 7) is 5.07. The van der Waals surface area contributed by atoms with Crippen LogP contribution in [0.15, 0.2) is 41.4 Å². The molecule has 0 saturated carbocycles. The van der Waals surface area contributed by atoms with E-state index in [0.717, 1.165) is 43.7 Å². The van der Waals surface area contributed by atoms with Gasteiger partial charge in [0, 0.05) is 31.9 Å². The number of rotatable bonds is 4. The Bertz CT molecular complexity index is 863. The molecule has 1 amide bonds. The Hall–Kier alpha value is -2.18. The molecular weight excluding hydrogens is 332 g/mol. The van der Waals surface area contributed by atoms with Gasteiger partial charge in [0.1, 0.15) is 11.3 Å². The van der Waals surface area contributed by atoms with Crippen molar-refractivity contribution in [2.75, 3.05) is 13.1 Å². The Balaban J connectivity index is 1.36. The second-order valence-electron chi connectivity index (χ2n) is 6.73. The largest absolute Gasteiger partial charge is 0.348 e. The van der Waals surface area contributed by atoms with Gasteiger partial charge in [0.15, 0.2) is 0 Å². The molecule has 1 aliphatic heterocycles. The van der Waals surface area contributed by atoms with E-state index in [1.807, 2.05) is 29.7 Å². The molecule has 3 aromatic heterocycles. The van der Waals surface area contributed by atoms with E-state index >= 15 is 0 Å². The molecule has 1 fully saturated rings. The highest BCUT2D eigenvalue weighted by Gasteiger charge is 2.22. The lowest BCUT2D eigenvalue weighted by molar-refractivity contribution is 0.0903. The lowest BCUT2D eigenvalue weighted by atomic mass is 10.0. The van der Waals surface area contributed by atoms with Crippen molar-refractivity contribution >= 4 is 22.9 Å². The van der Waals surface area contributed by atoms with Gasteiger partial charge in [-0.25, -0.2) is 4.98 Å². The fraction of sp³-hybridized carbons (Fsp3) is 0.368. The molecule has 3 aromatic rings. The van der Waals surface area contributed by atoms with Crippen LogP contribution in [0.5, 0.6) is 0 Å². The van der Waals surface area contributed by atoms with Crippen LogP contribution in [-0.2, 0) is 6.54 Å². The normalized spacial score (nSPS) is 16.4. The van der Waals surface area contributed by atoms with Crippen molar-refractivity contribution in [3.05, 3.63) is 58.2 Å². The van der Waals surface area contributed by atoms with Gasteiger partial charge in [-0.15, -0.1) is 0 Å². The zero-order valence-corrected chi connectivity index (χ0v) is 15.1. The number of amides is 1. The van der Waals surface area contributed by atoms with Gasteiger partial charge in [0.25, 0.3) is 5.91 Å². The number of likely N-dealkylation sites (tertiary alicyclic amines) is 1. The quantitative estimate of drug-likeness (QED) is 0.783. The van der Waals surface area contributed by atoms with Crippen molar-refractivity contribution in [1.82, 2.24) is 19.6 Å². The molecule has 0 atom stereocenters.